The van der Waals surface area contributed by atoms with Crippen LogP contribution in [0.3, 0.4) is 0 Å². The van der Waals surface area contributed by atoms with Crippen LogP contribution in [0.4, 0.5) is 0 Å². The van der Waals surface area contributed by atoms with Crippen molar-refractivity contribution in [3.05, 3.63) is 0 Å². The molecule has 0 aromatic heterocycles. The molecule has 10 N–H and O–H groups in total. The van der Waals surface area contributed by atoms with Gasteiger partial charge in [0.25, 0.3) is 0 Å². The number of aliphatic hydroxyl groups excluding tert-OH is 8. The van der Waals surface area contributed by atoms with Gasteiger partial charge in [-0.25, -0.2) is 0 Å². The van der Waals surface area contributed by atoms with Crippen LogP contribution in [0.2, 0.25) is 0 Å². The van der Waals surface area contributed by atoms with Crippen molar-refractivity contribution < 1.29 is 389 Å². The second-order valence-electron chi connectivity index (χ2n) is 6.01. The first-order valence-electron chi connectivity index (χ1n) is 7.75. The van der Waals surface area contributed by atoms with Gasteiger partial charge in [-0.1, -0.05) is 0 Å². The molecule has 2 rings (SSSR count). The summed E-state index contributed by atoms with van der Waals surface area (Å²) in [5.41, 5.74) is 0. The largest absolute Gasteiger partial charge is 1.00 e. The maximum atomic E-state index is 10.00. The topological polar surface area (TPSA) is 264 Å². The maximum absolute atomic E-state index is 10.00. The molecule has 180 valence electrons. The van der Waals surface area contributed by atoms with E-state index in [1.165, 1.54) is 0 Å². The van der Waals surface area contributed by atoms with Crippen molar-refractivity contribution >= 4 is 10.4 Å². The predicted molar refractivity (Wildman–Crippen MR) is 89.5 cm³/mol. The number of ether oxygens (including phenoxy) is 3. The normalized spacial score (nSPS) is 36.3. The van der Waals surface area contributed by atoms with Gasteiger partial charge in [-0.05, 0) is 0 Å². The van der Waals surface area contributed by atoms with Gasteiger partial charge >= 0.3 is 319 Å². The summed E-state index contributed by atoms with van der Waals surface area (Å²) in [5, 5.41) is 76.7. The molecule has 0 aromatic rings. The van der Waals surface area contributed by atoms with Crippen molar-refractivity contribution in [2.45, 2.75) is 54.8 Å². The first-order valence-corrected chi connectivity index (χ1v) is 9.14. The fourth-order valence-corrected chi connectivity index (χ4v) is 2.63. The van der Waals surface area contributed by atoms with Crippen LogP contribution < -0.4 is 308 Å². The second kappa shape index (κ2) is 27.4. The van der Waals surface area contributed by atoms with Gasteiger partial charge in [-0.2, -0.15) is 8.42 Å². The van der Waals surface area contributed by atoms with Gasteiger partial charge in [0.1, 0.15) is 49.3 Å². The first kappa shape index (κ1) is 55.6. The molecule has 2 fully saturated rings. The minimum atomic E-state index is -4.67. The van der Waals surface area contributed by atoms with Gasteiger partial charge in [0, 0.05) is 0 Å². The Morgan fingerprint density at radius 3 is 1.47 bits per heavy atom. The Kier molecular flexibility index (Phi) is 44.8. The molecule has 2 aliphatic rings. The van der Waals surface area contributed by atoms with Crippen LogP contribution >= 0.6 is 0 Å². The fraction of sp³-hybridized carbons (Fsp3) is 1.00. The number of aliphatic hydroxyl groups is 8. The molecule has 0 bridgehead atoms. The minimum absolute atomic E-state index is 0. The van der Waals surface area contributed by atoms with Gasteiger partial charge in [0.2, 0.25) is 5.79 Å². The molecule has 0 radical (unpaired) electrons. The summed E-state index contributed by atoms with van der Waals surface area (Å²) in [5.74, 6) is -2.22. The molecular formula is C12H30K6O15S. The molecule has 2 heterocycles. The van der Waals surface area contributed by atoms with Crippen molar-refractivity contribution in [2.75, 3.05) is 19.8 Å². The Labute approximate surface area is 461 Å². The summed E-state index contributed by atoms with van der Waals surface area (Å²) >= 11 is 0. The minimum Gasteiger partial charge on any atom is -1.00 e. The van der Waals surface area contributed by atoms with Crippen LogP contribution in [-0.4, -0.2) is 133 Å². The molecular weight excluding hydrogens is 651 g/mol. The van der Waals surface area contributed by atoms with Gasteiger partial charge in [-0.15, -0.1) is 0 Å². The summed E-state index contributed by atoms with van der Waals surface area (Å²) < 4.78 is 47.0. The van der Waals surface area contributed by atoms with E-state index in [9.17, 15) is 30.6 Å². The molecule has 0 saturated carbocycles. The van der Waals surface area contributed by atoms with E-state index >= 15 is 0 Å². The SMILES string of the molecule is O=S(=O)(O)O.OC[C@H]1O[C@@](CO)(O[C@H]2O[C@H](CO)[C@@H](O)[C@H](O)[C@H]2O)[C@@H](O)[C@@H]1O.[H-].[H-].[H-].[H-].[H-].[H-].[K+].[K+].[K+].[K+].[K+].[K+]. The summed E-state index contributed by atoms with van der Waals surface area (Å²) in [7, 11) is -4.67. The smallest absolute Gasteiger partial charge is 1.00 e. The summed E-state index contributed by atoms with van der Waals surface area (Å²) in [4.78, 5) is 0. The van der Waals surface area contributed by atoms with Crippen LogP contribution in [0.5, 0.6) is 0 Å². The Morgan fingerprint density at radius 1 is 0.735 bits per heavy atom. The Bertz CT molecular complexity index is 623. The standard InChI is InChI=1S/C12H22O11.6K.H2O4S.6H/c13-1-4-6(16)8(18)9(19)11(21-4)23-12(3-15)10(20)7(17)5(2-14)22-12;;;;;;;1-5(2,3)4;;;;;;/h4-11,13-20H,1-3H2;;;;;;;(H2,1,2,3,4);;;;;;/q;6*+1;;6*-1/t4-,5-,6-,7-,8+,9-,10+,11-,12+;;;;;;;;;;;;;/m1............./s1. The van der Waals surface area contributed by atoms with E-state index in [0.29, 0.717) is 0 Å². The Morgan fingerprint density at radius 2 is 1.15 bits per heavy atom. The molecule has 34 heavy (non-hydrogen) atoms. The molecule has 0 aliphatic carbocycles. The zero-order valence-corrected chi connectivity index (χ0v) is 39.7. The second-order valence-corrected chi connectivity index (χ2v) is 6.90. The average molecular weight is 681 g/mol. The number of hydrogen-bond donors (Lipinski definition) is 10. The van der Waals surface area contributed by atoms with Crippen LogP contribution in [0.1, 0.15) is 8.56 Å². The van der Waals surface area contributed by atoms with E-state index < -0.39 is 85.0 Å². The molecule has 0 unspecified atom stereocenters. The summed E-state index contributed by atoms with van der Waals surface area (Å²) in [6, 6.07) is 0. The van der Waals surface area contributed by atoms with Crippen molar-refractivity contribution in [1.82, 2.24) is 0 Å². The third-order valence-electron chi connectivity index (χ3n) is 4.07. The number of hydrogen-bond acceptors (Lipinski definition) is 13. The third kappa shape index (κ3) is 18.4. The Balaban J connectivity index is -0.0000000427. The first-order chi connectivity index (χ1) is 12.8. The van der Waals surface area contributed by atoms with Crippen molar-refractivity contribution in [3.8, 4) is 0 Å². The molecule has 2 saturated heterocycles. The van der Waals surface area contributed by atoms with E-state index in [0.717, 1.165) is 0 Å². The summed E-state index contributed by atoms with van der Waals surface area (Å²) in [6.07, 6.45) is -12.7. The summed E-state index contributed by atoms with van der Waals surface area (Å²) in [6.45, 7) is -2.32. The van der Waals surface area contributed by atoms with Gasteiger partial charge in [0.05, 0.1) is 13.2 Å². The maximum Gasteiger partial charge on any atom is 1.00 e. The average Bonchev–Trinajstić information content (AvgIpc) is 2.86. The molecule has 0 spiro atoms. The quantitative estimate of drug-likeness (QED) is 0.0955. The zero-order chi connectivity index (χ0) is 21.9. The monoisotopic (exact) mass is 680 g/mol. The van der Waals surface area contributed by atoms with E-state index in [2.05, 4.69) is 0 Å². The molecule has 15 nitrogen and oxygen atoms in total. The van der Waals surface area contributed by atoms with Crippen LogP contribution in [0.25, 0.3) is 0 Å². The van der Waals surface area contributed by atoms with Crippen molar-refractivity contribution in [2.24, 2.45) is 0 Å². The fourth-order valence-electron chi connectivity index (χ4n) is 2.63. The van der Waals surface area contributed by atoms with E-state index in [-0.39, 0.29) is 317 Å². The molecule has 2 aliphatic heterocycles. The van der Waals surface area contributed by atoms with Crippen molar-refractivity contribution in [3.63, 3.8) is 0 Å². The van der Waals surface area contributed by atoms with Gasteiger partial charge < -0.3 is 63.6 Å². The zero-order valence-electron chi connectivity index (χ0n) is 26.2. The van der Waals surface area contributed by atoms with Gasteiger partial charge in [0.15, 0.2) is 6.29 Å². The van der Waals surface area contributed by atoms with Crippen LogP contribution in [0, 0.1) is 0 Å². The molecule has 0 aromatic carbocycles. The number of rotatable bonds is 5. The molecule has 0 amide bonds. The van der Waals surface area contributed by atoms with Crippen LogP contribution in [0.15, 0.2) is 0 Å². The van der Waals surface area contributed by atoms with Gasteiger partial charge in [-0.3, -0.25) is 9.11 Å². The van der Waals surface area contributed by atoms with E-state index in [1.54, 1.807) is 0 Å². The van der Waals surface area contributed by atoms with E-state index in [1.807, 2.05) is 0 Å². The van der Waals surface area contributed by atoms with Crippen LogP contribution in [-0.2, 0) is 24.6 Å². The predicted octanol–water partition coefficient (Wildman–Crippen LogP) is -23.3. The molecule has 9 atom stereocenters. The van der Waals surface area contributed by atoms with E-state index in [4.69, 9.17) is 41.9 Å². The third-order valence-corrected chi connectivity index (χ3v) is 4.07. The van der Waals surface area contributed by atoms with Crippen molar-refractivity contribution in [1.29, 1.82) is 0 Å². The molecule has 22 heteroatoms. The Hall–Kier alpha value is 9.25.